The molecule has 1 atom stereocenters. The first-order chi connectivity index (χ1) is 14.7. The maximum atomic E-state index is 13.4. The van der Waals surface area contributed by atoms with Crippen molar-refractivity contribution >= 4 is 28.0 Å². The van der Waals surface area contributed by atoms with Crippen LogP contribution < -0.4 is 10.9 Å². The molecule has 4 rings (SSSR count). The average Bonchev–Trinajstić information content (AvgIpc) is 3.08. The number of hydrogen-bond acceptors (Lipinski definition) is 3. The average molecular weight is 417 g/mol. The summed E-state index contributed by atoms with van der Waals surface area (Å²) in [6.07, 6.45) is 0.456. The van der Waals surface area contributed by atoms with Crippen LogP contribution in [0, 0.1) is 34.6 Å². The molecule has 0 spiro atoms. The van der Waals surface area contributed by atoms with Gasteiger partial charge in [0.2, 0.25) is 5.91 Å². The van der Waals surface area contributed by atoms with Gasteiger partial charge in [-0.25, -0.2) is 4.68 Å². The Morgan fingerprint density at radius 1 is 0.968 bits per heavy atom. The zero-order chi connectivity index (χ0) is 22.4. The summed E-state index contributed by atoms with van der Waals surface area (Å²) in [6.45, 7) is 11.8. The van der Waals surface area contributed by atoms with Crippen molar-refractivity contribution in [2.45, 2.75) is 54.0 Å². The number of rotatable bonds is 4. The first-order valence-electron chi connectivity index (χ1n) is 10.6. The third-order valence-electron chi connectivity index (χ3n) is 5.87. The fourth-order valence-electron chi connectivity index (χ4n) is 4.47. The van der Waals surface area contributed by atoms with Gasteiger partial charge in [0.1, 0.15) is 17.4 Å². The Labute approximate surface area is 181 Å². The van der Waals surface area contributed by atoms with Crippen molar-refractivity contribution in [3.05, 3.63) is 74.8 Å². The highest BCUT2D eigenvalue weighted by atomic mass is 16.2. The van der Waals surface area contributed by atoms with Crippen LogP contribution in [0.15, 0.2) is 41.2 Å². The second-order valence-electron chi connectivity index (χ2n) is 8.41. The molecule has 2 heterocycles. The van der Waals surface area contributed by atoms with Crippen LogP contribution in [0.1, 0.15) is 47.5 Å². The van der Waals surface area contributed by atoms with Crippen molar-refractivity contribution in [1.29, 1.82) is 0 Å². The number of nitrogens with zero attached hydrogens (tertiary/aromatic N) is 3. The zero-order valence-electron chi connectivity index (χ0n) is 18.9. The number of hydrogen-bond donors (Lipinski definition) is 1. The summed E-state index contributed by atoms with van der Waals surface area (Å²) in [7, 11) is 0. The van der Waals surface area contributed by atoms with Gasteiger partial charge in [-0.3, -0.25) is 14.0 Å². The first kappa shape index (κ1) is 20.8. The minimum Gasteiger partial charge on any atom is -0.324 e. The van der Waals surface area contributed by atoms with Crippen LogP contribution in [0.5, 0.6) is 0 Å². The van der Waals surface area contributed by atoms with Crippen molar-refractivity contribution < 1.29 is 4.79 Å². The van der Waals surface area contributed by atoms with Crippen LogP contribution in [0.4, 0.5) is 5.69 Å². The molecular formula is C25H28N4O2. The molecule has 160 valence electrons. The second-order valence-corrected chi connectivity index (χ2v) is 8.41. The van der Waals surface area contributed by atoms with E-state index in [4.69, 9.17) is 0 Å². The van der Waals surface area contributed by atoms with Crippen LogP contribution in [0.3, 0.4) is 0 Å². The lowest BCUT2D eigenvalue weighted by molar-refractivity contribution is -0.119. The molecule has 0 radical (unpaired) electrons. The van der Waals surface area contributed by atoms with Gasteiger partial charge in [-0.2, -0.15) is 5.10 Å². The molecule has 0 aliphatic carbocycles. The Bertz CT molecular complexity index is 1370. The van der Waals surface area contributed by atoms with E-state index in [9.17, 15) is 9.59 Å². The molecule has 2 aromatic heterocycles. The predicted molar refractivity (Wildman–Crippen MR) is 125 cm³/mol. The van der Waals surface area contributed by atoms with E-state index in [-0.39, 0.29) is 11.5 Å². The van der Waals surface area contributed by atoms with Crippen LogP contribution >= 0.6 is 0 Å². The SMILES string of the molecule is CC[C@H](C(=O)Nc1c(C)cc(C)cc1C)n1nc(C)n2c(cc3cc(C)ccc32)c1=O. The number of carbonyl (C=O) groups excluding carboxylic acids is 1. The van der Waals surface area contributed by atoms with E-state index < -0.39 is 6.04 Å². The summed E-state index contributed by atoms with van der Waals surface area (Å²) in [5.41, 5.74) is 6.28. The molecule has 0 unspecified atom stereocenters. The van der Waals surface area contributed by atoms with E-state index in [1.54, 1.807) is 0 Å². The maximum absolute atomic E-state index is 13.4. The molecule has 0 aliphatic heterocycles. The topological polar surface area (TPSA) is 68.4 Å². The Morgan fingerprint density at radius 3 is 2.29 bits per heavy atom. The summed E-state index contributed by atoms with van der Waals surface area (Å²) < 4.78 is 3.21. The third-order valence-corrected chi connectivity index (χ3v) is 5.87. The minimum absolute atomic E-state index is 0.233. The highest BCUT2D eigenvalue weighted by molar-refractivity contribution is 5.95. The molecule has 0 bridgehead atoms. The quantitative estimate of drug-likeness (QED) is 0.520. The number of aromatic nitrogens is 3. The van der Waals surface area contributed by atoms with Gasteiger partial charge in [0, 0.05) is 11.1 Å². The number of aryl methyl sites for hydroxylation is 5. The molecule has 0 fully saturated rings. The normalized spacial score (nSPS) is 12.5. The fraction of sp³-hybridized carbons (Fsp3) is 0.320. The largest absolute Gasteiger partial charge is 0.324 e. The Kier molecular flexibility index (Phi) is 5.17. The summed E-state index contributed by atoms with van der Waals surface area (Å²) in [4.78, 5) is 26.6. The Hall–Kier alpha value is -3.41. The van der Waals surface area contributed by atoms with Crippen LogP contribution in [0.2, 0.25) is 0 Å². The van der Waals surface area contributed by atoms with Crippen molar-refractivity contribution in [3.8, 4) is 0 Å². The molecule has 1 N–H and O–H groups in total. The van der Waals surface area contributed by atoms with Gasteiger partial charge in [-0.05, 0) is 70.4 Å². The van der Waals surface area contributed by atoms with Gasteiger partial charge in [0.15, 0.2) is 0 Å². The van der Waals surface area contributed by atoms with E-state index in [1.807, 2.05) is 76.3 Å². The maximum Gasteiger partial charge on any atom is 0.291 e. The lowest BCUT2D eigenvalue weighted by Gasteiger charge is -2.20. The molecular weight excluding hydrogens is 388 g/mol. The third kappa shape index (κ3) is 3.52. The number of carbonyl (C=O) groups is 1. The van der Waals surface area contributed by atoms with E-state index in [2.05, 4.69) is 16.5 Å². The summed E-state index contributed by atoms with van der Waals surface area (Å²) in [5, 5.41) is 8.57. The van der Waals surface area contributed by atoms with E-state index in [0.717, 1.165) is 38.8 Å². The van der Waals surface area contributed by atoms with Crippen molar-refractivity contribution in [3.63, 3.8) is 0 Å². The minimum atomic E-state index is -0.698. The fourth-order valence-corrected chi connectivity index (χ4v) is 4.47. The van der Waals surface area contributed by atoms with Crippen molar-refractivity contribution in [1.82, 2.24) is 14.2 Å². The van der Waals surface area contributed by atoms with Gasteiger partial charge in [-0.15, -0.1) is 0 Å². The van der Waals surface area contributed by atoms with Crippen LogP contribution in [-0.4, -0.2) is 20.1 Å². The molecule has 0 saturated carbocycles. The van der Waals surface area contributed by atoms with Crippen LogP contribution in [-0.2, 0) is 4.79 Å². The molecule has 4 aromatic rings. The second kappa shape index (κ2) is 7.69. The number of amides is 1. The summed E-state index contributed by atoms with van der Waals surface area (Å²) in [6, 6.07) is 11.3. The van der Waals surface area contributed by atoms with Gasteiger partial charge >= 0.3 is 0 Å². The molecule has 0 aliphatic rings. The smallest absolute Gasteiger partial charge is 0.291 e. The molecule has 1 amide bonds. The van der Waals surface area contributed by atoms with E-state index in [1.165, 1.54) is 4.68 Å². The lowest BCUT2D eigenvalue weighted by atomic mass is 10.0. The van der Waals surface area contributed by atoms with Gasteiger partial charge < -0.3 is 5.32 Å². The standard InChI is InChI=1S/C25H28N4O2/c1-7-20(24(30)26-23-16(4)10-15(3)11-17(23)5)29-25(31)22-13-19-12-14(2)8-9-21(19)28(22)18(6)27-29/h8-13,20H,7H2,1-6H3,(H,26,30)/t20-/m1/s1. The van der Waals surface area contributed by atoms with Crippen molar-refractivity contribution in [2.24, 2.45) is 0 Å². The van der Waals surface area contributed by atoms with E-state index in [0.29, 0.717) is 17.8 Å². The lowest BCUT2D eigenvalue weighted by Crippen LogP contribution is -2.36. The Balaban J connectivity index is 1.81. The number of nitrogens with one attached hydrogen (secondary N) is 1. The number of anilines is 1. The van der Waals surface area contributed by atoms with Crippen LogP contribution in [0.25, 0.3) is 16.4 Å². The molecule has 6 heteroatoms. The molecule has 0 saturated heterocycles. The number of benzene rings is 2. The van der Waals surface area contributed by atoms with Gasteiger partial charge in [-0.1, -0.05) is 36.2 Å². The zero-order valence-corrected chi connectivity index (χ0v) is 18.9. The monoisotopic (exact) mass is 416 g/mol. The van der Waals surface area contributed by atoms with Crippen molar-refractivity contribution in [2.75, 3.05) is 5.32 Å². The molecule has 6 nitrogen and oxygen atoms in total. The highest BCUT2D eigenvalue weighted by Crippen LogP contribution is 2.25. The molecule has 31 heavy (non-hydrogen) atoms. The highest BCUT2D eigenvalue weighted by Gasteiger charge is 2.24. The van der Waals surface area contributed by atoms with Gasteiger partial charge in [0.25, 0.3) is 5.56 Å². The van der Waals surface area contributed by atoms with Gasteiger partial charge in [0.05, 0.1) is 5.52 Å². The van der Waals surface area contributed by atoms with E-state index >= 15 is 0 Å². The molecule has 2 aromatic carbocycles. The first-order valence-corrected chi connectivity index (χ1v) is 10.6. The Morgan fingerprint density at radius 2 is 1.65 bits per heavy atom. The summed E-state index contributed by atoms with van der Waals surface area (Å²) >= 11 is 0. The predicted octanol–water partition coefficient (Wildman–Crippen LogP) is 4.78. The summed E-state index contributed by atoms with van der Waals surface area (Å²) in [5.74, 6) is 0.435. The number of fused-ring (bicyclic) bond motifs is 3.